The van der Waals surface area contributed by atoms with Crippen molar-refractivity contribution in [2.75, 3.05) is 56.0 Å². The van der Waals surface area contributed by atoms with E-state index >= 15 is 0 Å². The van der Waals surface area contributed by atoms with Gasteiger partial charge in [0, 0.05) is 67.7 Å². The minimum absolute atomic E-state index is 0.225. The van der Waals surface area contributed by atoms with Crippen molar-refractivity contribution in [2.24, 2.45) is 5.41 Å². The van der Waals surface area contributed by atoms with Crippen LogP contribution in [0.15, 0.2) is 36.4 Å². The number of ether oxygens (including phenoxy) is 1. The third kappa shape index (κ3) is 9.12. The van der Waals surface area contributed by atoms with Gasteiger partial charge in [0.2, 0.25) is 0 Å². The van der Waals surface area contributed by atoms with Crippen LogP contribution in [0.3, 0.4) is 0 Å². The topological polar surface area (TPSA) is 81.2 Å². The molecule has 3 aromatic rings. The SMILES string of the molecule is Cc1cccc(Cl)c1CN1CCc2cc(-c3c(NCCN4CCCCC4)nc(C)c(C(OC(C)(C)C)C(=O)O)c3N3CCC(C)(C)CC3)ccc2C1. The molecule has 0 spiro atoms. The lowest BCUT2D eigenvalue weighted by Crippen LogP contribution is -2.39. The van der Waals surface area contributed by atoms with Gasteiger partial charge in [0.15, 0.2) is 6.10 Å². The zero-order chi connectivity index (χ0) is 37.2. The molecule has 0 aliphatic carbocycles. The summed E-state index contributed by atoms with van der Waals surface area (Å²) in [5, 5.41) is 15.4. The molecule has 3 aliphatic rings. The van der Waals surface area contributed by atoms with Crippen molar-refractivity contribution in [1.82, 2.24) is 14.8 Å². The van der Waals surface area contributed by atoms with Crippen molar-refractivity contribution >= 4 is 29.1 Å². The largest absolute Gasteiger partial charge is 0.479 e. The fourth-order valence-electron chi connectivity index (χ4n) is 8.18. The Morgan fingerprint density at radius 3 is 2.40 bits per heavy atom. The first-order valence-electron chi connectivity index (χ1n) is 19.4. The molecular formula is C43H60ClN5O3. The molecule has 282 valence electrons. The van der Waals surface area contributed by atoms with Gasteiger partial charge in [-0.3, -0.25) is 4.90 Å². The van der Waals surface area contributed by atoms with E-state index in [9.17, 15) is 9.90 Å². The summed E-state index contributed by atoms with van der Waals surface area (Å²) in [6.07, 6.45) is 5.63. The van der Waals surface area contributed by atoms with Crippen LogP contribution < -0.4 is 10.2 Å². The molecular weight excluding hydrogens is 670 g/mol. The highest BCUT2D eigenvalue weighted by Crippen LogP contribution is 2.47. The second-order valence-electron chi connectivity index (χ2n) is 17.1. The van der Waals surface area contributed by atoms with E-state index in [0.29, 0.717) is 11.3 Å². The van der Waals surface area contributed by atoms with Gasteiger partial charge in [0.25, 0.3) is 0 Å². The molecule has 1 unspecified atom stereocenters. The van der Waals surface area contributed by atoms with Crippen molar-refractivity contribution < 1.29 is 14.6 Å². The molecule has 1 aromatic heterocycles. The zero-order valence-electron chi connectivity index (χ0n) is 32.6. The number of piperidine rings is 2. The molecule has 3 aliphatic heterocycles. The summed E-state index contributed by atoms with van der Waals surface area (Å²) in [6.45, 7) is 22.8. The number of fused-ring (bicyclic) bond motifs is 1. The average Bonchev–Trinajstić information content (AvgIpc) is 3.09. The highest BCUT2D eigenvalue weighted by Gasteiger charge is 2.37. The van der Waals surface area contributed by atoms with Gasteiger partial charge in [-0.15, -0.1) is 0 Å². The lowest BCUT2D eigenvalue weighted by atomic mass is 9.81. The number of nitrogens with zero attached hydrogens (tertiary/aromatic N) is 4. The molecule has 1 atom stereocenters. The Bertz CT molecular complexity index is 1720. The second-order valence-corrected chi connectivity index (χ2v) is 17.5. The fraction of sp³-hybridized carbons (Fsp3) is 0.581. The van der Waals surface area contributed by atoms with Gasteiger partial charge in [-0.1, -0.05) is 62.2 Å². The number of likely N-dealkylation sites (tertiary alicyclic amines) is 1. The Morgan fingerprint density at radius 1 is 1.00 bits per heavy atom. The van der Waals surface area contributed by atoms with E-state index in [1.807, 2.05) is 39.8 Å². The van der Waals surface area contributed by atoms with Crippen LogP contribution in [-0.4, -0.2) is 77.3 Å². The van der Waals surface area contributed by atoms with Crippen LogP contribution in [0.1, 0.15) is 106 Å². The summed E-state index contributed by atoms with van der Waals surface area (Å²) < 4.78 is 6.39. The number of carboxylic acids is 1. The molecule has 9 heteroatoms. The summed E-state index contributed by atoms with van der Waals surface area (Å²) in [5.74, 6) is -0.168. The van der Waals surface area contributed by atoms with Crippen LogP contribution >= 0.6 is 11.6 Å². The Labute approximate surface area is 316 Å². The zero-order valence-corrected chi connectivity index (χ0v) is 33.3. The van der Waals surface area contributed by atoms with Gasteiger partial charge in [0.1, 0.15) is 5.82 Å². The lowest BCUT2D eigenvalue weighted by molar-refractivity contribution is -0.160. The van der Waals surface area contributed by atoms with Gasteiger partial charge < -0.3 is 25.0 Å². The van der Waals surface area contributed by atoms with Crippen molar-refractivity contribution in [3.8, 4) is 11.1 Å². The fourth-order valence-corrected chi connectivity index (χ4v) is 8.46. The van der Waals surface area contributed by atoms with E-state index in [0.717, 1.165) is 106 Å². The number of pyridine rings is 1. The summed E-state index contributed by atoms with van der Waals surface area (Å²) in [5.41, 5.74) is 9.00. The maximum absolute atomic E-state index is 13.1. The first-order chi connectivity index (χ1) is 24.7. The number of hydrogen-bond donors (Lipinski definition) is 2. The minimum atomic E-state index is -1.15. The molecule has 0 saturated carbocycles. The monoisotopic (exact) mass is 729 g/mol. The number of anilines is 2. The van der Waals surface area contributed by atoms with Crippen molar-refractivity contribution in [2.45, 2.75) is 112 Å². The third-order valence-corrected chi connectivity index (χ3v) is 11.6. The maximum Gasteiger partial charge on any atom is 0.337 e. The van der Waals surface area contributed by atoms with Gasteiger partial charge >= 0.3 is 5.97 Å². The van der Waals surface area contributed by atoms with E-state index in [1.54, 1.807) is 0 Å². The number of halogens is 1. The average molecular weight is 730 g/mol. The normalized spacial score (nSPS) is 19.0. The summed E-state index contributed by atoms with van der Waals surface area (Å²) in [7, 11) is 0. The maximum atomic E-state index is 13.1. The van der Waals surface area contributed by atoms with Crippen molar-refractivity contribution in [1.29, 1.82) is 0 Å². The number of aryl methyl sites for hydroxylation is 2. The number of aliphatic carboxylic acids is 1. The molecule has 6 rings (SSSR count). The summed E-state index contributed by atoms with van der Waals surface area (Å²) in [4.78, 5) is 25.8. The number of carboxylic acid groups (broad SMARTS) is 1. The first kappa shape index (κ1) is 38.6. The molecule has 52 heavy (non-hydrogen) atoms. The highest BCUT2D eigenvalue weighted by atomic mass is 35.5. The van der Waals surface area contributed by atoms with Crippen molar-refractivity contribution in [3.63, 3.8) is 0 Å². The predicted octanol–water partition coefficient (Wildman–Crippen LogP) is 9.04. The smallest absolute Gasteiger partial charge is 0.337 e. The number of hydrogen-bond acceptors (Lipinski definition) is 7. The molecule has 2 aromatic carbocycles. The van der Waals surface area contributed by atoms with Crippen LogP contribution in [-0.2, 0) is 29.0 Å². The minimum Gasteiger partial charge on any atom is -0.479 e. The number of benzene rings is 2. The molecule has 4 heterocycles. The molecule has 0 amide bonds. The highest BCUT2D eigenvalue weighted by molar-refractivity contribution is 6.31. The number of nitrogens with one attached hydrogen (secondary N) is 1. The Kier molecular flexibility index (Phi) is 11.9. The lowest BCUT2D eigenvalue weighted by Gasteiger charge is -2.41. The molecule has 0 bridgehead atoms. The molecule has 0 radical (unpaired) electrons. The predicted molar refractivity (Wildman–Crippen MR) is 214 cm³/mol. The quantitative estimate of drug-likeness (QED) is 0.203. The van der Waals surface area contributed by atoms with E-state index in [4.69, 9.17) is 21.3 Å². The van der Waals surface area contributed by atoms with E-state index in [-0.39, 0.29) is 5.41 Å². The van der Waals surface area contributed by atoms with E-state index in [2.05, 4.69) is 65.1 Å². The number of rotatable bonds is 11. The van der Waals surface area contributed by atoms with E-state index in [1.165, 1.54) is 41.5 Å². The molecule has 2 fully saturated rings. The standard InChI is InChI=1S/C43H60ClN5O3/c1-29-12-11-13-35(44)34(29)28-48-22-16-31-26-32(14-15-33(31)27-48)37-38(49-23-17-43(6,7)18-24-49)36(39(41(50)51)52-42(3,4)5)30(2)46-40(37)45-19-25-47-20-9-8-10-21-47/h11-15,26,39H,8-10,16-25,27-28H2,1-7H3,(H,45,46)(H,50,51). The van der Waals surface area contributed by atoms with E-state index < -0.39 is 17.7 Å². The molecule has 8 nitrogen and oxygen atoms in total. The van der Waals surface area contributed by atoms with Gasteiger partial charge in [-0.05, 0) is 119 Å². The molecule has 2 saturated heterocycles. The van der Waals surface area contributed by atoms with Crippen molar-refractivity contribution in [3.05, 3.63) is 74.9 Å². The summed E-state index contributed by atoms with van der Waals surface area (Å²) in [6, 6.07) is 13.0. The Morgan fingerprint density at radius 2 is 1.73 bits per heavy atom. The van der Waals surface area contributed by atoms with Gasteiger partial charge in [-0.2, -0.15) is 0 Å². The van der Waals surface area contributed by atoms with Crippen LogP contribution in [0, 0.1) is 19.3 Å². The van der Waals surface area contributed by atoms with Gasteiger partial charge in [-0.25, -0.2) is 9.78 Å². The second kappa shape index (κ2) is 16.1. The van der Waals surface area contributed by atoms with Crippen LogP contribution in [0.5, 0.6) is 0 Å². The third-order valence-electron chi connectivity index (χ3n) is 11.3. The van der Waals surface area contributed by atoms with Gasteiger partial charge in [0.05, 0.1) is 11.3 Å². The number of carbonyl (C=O) groups is 1. The molecule has 2 N–H and O–H groups in total. The van der Waals surface area contributed by atoms with Crippen LogP contribution in [0.4, 0.5) is 11.5 Å². The summed E-state index contributed by atoms with van der Waals surface area (Å²) >= 11 is 6.64. The Hall–Kier alpha value is -3.17. The number of aromatic nitrogens is 1. The first-order valence-corrected chi connectivity index (χ1v) is 19.8. The van der Waals surface area contributed by atoms with Crippen LogP contribution in [0.2, 0.25) is 5.02 Å². The Balaban J connectivity index is 1.44. The van der Waals surface area contributed by atoms with Crippen LogP contribution in [0.25, 0.3) is 11.1 Å².